The second-order valence-electron chi connectivity index (χ2n) is 3.62. The van der Waals surface area contributed by atoms with E-state index in [1.54, 1.807) is 7.11 Å². The number of hydrogen-bond acceptors (Lipinski definition) is 4. The Morgan fingerprint density at radius 2 is 2.14 bits per heavy atom. The normalized spacial score (nSPS) is 21.0. The summed E-state index contributed by atoms with van der Waals surface area (Å²) in [5, 5.41) is 3.42. The van der Waals surface area contributed by atoms with Gasteiger partial charge in [0.05, 0.1) is 19.8 Å². The Morgan fingerprint density at radius 1 is 1.43 bits per heavy atom. The Morgan fingerprint density at radius 3 is 2.71 bits per heavy atom. The molecule has 0 radical (unpaired) electrons. The molecule has 84 valence electrons. The number of methoxy groups -OCH3 is 1. The van der Waals surface area contributed by atoms with Crippen LogP contribution in [0, 0.1) is 0 Å². The fourth-order valence-electron chi connectivity index (χ4n) is 1.76. The molecule has 1 heterocycles. The average molecular weight is 202 g/mol. The van der Waals surface area contributed by atoms with E-state index >= 15 is 0 Å². The van der Waals surface area contributed by atoms with E-state index in [9.17, 15) is 0 Å². The Hall–Kier alpha value is -0.160. The van der Waals surface area contributed by atoms with Crippen molar-refractivity contribution in [2.45, 2.75) is 13.0 Å². The lowest BCUT2D eigenvalue weighted by Crippen LogP contribution is -2.47. The van der Waals surface area contributed by atoms with Gasteiger partial charge in [-0.3, -0.25) is 4.90 Å². The quantitative estimate of drug-likeness (QED) is 0.654. The van der Waals surface area contributed by atoms with Crippen LogP contribution in [-0.4, -0.2) is 64.1 Å². The number of hydrogen-bond donors (Lipinski definition) is 1. The zero-order valence-corrected chi connectivity index (χ0v) is 9.29. The van der Waals surface area contributed by atoms with Crippen LogP contribution in [0.25, 0.3) is 0 Å². The number of ether oxygens (including phenoxy) is 2. The van der Waals surface area contributed by atoms with Crippen molar-refractivity contribution in [3.05, 3.63) is 0 Å². The van der Waals surface area contributed by atoms with Crippen LogP contribution in [-0.2, 0) is 9.47 Å². The molecule has 0 aromatic heterocycles. The van der Waals surface area contributed by atoms with Crippen molar-refractivity contribution < 1.29 is 9.47 Å². The van der Waals surface area contributed by atoms with Crippen molar-refractivity contribution in [1.29, 1.82) is 0 Å². The first-order valence-corrected chi connectivity index (χ1v) is 5.39. The maximum absolute atomic E-state index is 5.31. The molecule has 14 heavy (non-hydrogen) atoms. The van der Waals surface area contributed by atoms with E-state index in [0.717, 1.165) is 46.0 Å². The molecular weight excluding hydrogens is 180 g/mol. The molecule has 1 rings (SSSR count). The Bertz CT molecular complexity index is 132. The molecule has 0 aliphatic carbocycles. The van der Waals surface area contributed by atoms with Gasteiger partial charge in [0.2, 0.25) is 0 Å². The van der Waals surface area contributed by atoms with Gasteiger partial charge in [0.15, 0.2) is 0 Å². The van der Waals surface area contributed by atoms with Gasteiger partial charge in [-0.2, -0.15) is 0 Å². The molecule has 0 bridgehead atoms. The highest BCUT2D eigenvalue weighted by molar-refractivity contribution is 4.72. The predicted molar refractivity (Wildman–Crippen MR) is 56.6 cm³/mol. The lowest BCUT2D eigenvalue weighted by Gasteiger charge is -2.30. The van der Waals surface area contributed by atoms with Crippen LogP contribution in [0.4, 0.5) is 0 Å². The number of rotatable bonds is 6. The maximum atomic E-state index is 5.31. The largest absolute Gasteiger partial charge is 0.383 e. The van der Waals surface area contributed by atoms with E-state index in [1.807, 2.05) is 0 Å². The molecule has 1 aliphatic rings. The van der Waals surface area contributed by atoms with Crippen molar-refractivity contribution in [3.63, 3.8) is 0 Å². The zero-order valence-electron chi connectivity index (χ0n) is 9.29. The van der Waals surface area contributed by atoms with E-state index < -0.39 is 0 Å². The highest BCUT2D eigenvalue weighted by Crippen LogP contribution is 1.98. The fraction of sp³-hybridized carbons (Fsp3) is 1.00. The molecule has 1 fully saturated rings. The SMILES string of the molecule is CCNC(COC)CN1CCOCC1. The van der Waals surface area contributed by atoms with E-state index in [1.165, 1.54) is 0 Å². The molecule has 1 saturated heterocycles. The van der Waals surface area contributed by atoms with Crippen LogP contribution in [0.2, 0.25) is 0 Å². The monoisotopic (exact) mass is 202 g/mol. The van der Waals surface area contributed by atoms with Crippen LogP contribution in [0.1, 0.15) is 6.92 Å². The van der Waals surface area contributed by atoms with Gasteiger partial charge >= 0.3 is 0 Å². The smallest absolute Gasteiger partial charge is 0.0628 e. The third kappa shape index (κ3) is 4.37. The molecule has 1 atom stereocenters. The maximum Gasteiger partial charge on any atom is 0.0628 e. The molecule has 0 saturated carbocycles. The third-order valence-electron chi connectivity index (χ3n) is 2.44. The summed E-state index contributed by atoms with van der Waals surface area (Å²) < 4.78 is 10.5. The summed E-state index contributed by atoms with van der Waals surface area (Å²) in [4.78, 5) is 2.43. The molecular formula is C10H22N2O2. The second kappa shape index (κ2) is 7.17. The topological polar surface area (TPSA) is 33.7 Å². The minimum atomic E-state index is 0.447. The zero-order chi connectivity index (χ0) is 10.2. The molecule has 0 spiro atoms. The summed E-state index contributed by atoms with van der Waals surface area (Å²) in [6, 6.07) is 0.447. The van der Waals surface area contributed by atoms with Gasteiger partial charge in [-0.15, -0.1) is 0 Å². The summed E-state index contributed by atoms with van der Waals surface area (Å²) in [6.45, 7) is 8.80. The minimum Gasteiger partial charge on any atom is -0.383 e. The second-order valence-corrected chi connectivity index (χ2v) is 3.62. The molecule has 4 heteroatoms. The van der Waals surface area contributed by atoms with E-state index in [0.29, 0.717) is 6.04 Å². The van der Waals surface area contributed by atoms with Crippen LogP contribution < -0.4 is 5.32 Å². The van der Waals surface area contributed by atoms with Crippen LogP contribution in [0.3, 0.4) is 0 Å². The van der Waals surface area contributed by atoms with E-state index in [4.69, 9.17) is 9.47 Å². The van der Waals surface area contributed by atoms with Gasteiger partial charge in [-0.1, -0.05) is 6.92 Å². The van der Waals surface area contributed by atoms with Gasteiger partial charge in [-0.05, 0) is 6.54 Å². The van der Waals surface area contributed by atoms with Gasteiger partial charge < -0.3 is 14.8 Å². The van der Waals surface area contributed by atoms with Crippen molar-refractivity contribution >= 4 is 0 Å². The van der Waals surface area contributed by atoms with Crippen molar-refractivity contribution in [3.8, 4) is 0 Å². The molecule has 0 amide bonds. The average Bonchev–Trinajstić information content (AvgIpc) is 2.20. The number of morpholine rings is 1. The first-order valence-electron chi connectivity index (χ1n) is 5.39. The fourth-order valence-corrected chi connectivity index (χ4v) is 1.76. The van der Waals surface area contributed by atoms with Gasteiger partial charge in [0.25, 0.3) is 0 Å². The Kier molecular flexibility index (Phi) is 6.10. The van der Waals surface area contributed by atoms with Crippen LogP contribution in [0.15, 0.2) is 0 Å². The van der Waals surface area contributed by atoms with Crippen molar-refractivity contribution in [2.75, 3.05) is 53.1 Å². The number of nitrogens with one attached hydrogen (secondary N) is 1. The number of nitrogens with zero attached hydrogens (tertiary/aromatic N) is 1. The summed E-state index contributed by atoms with van der Waals surface area (Å²) in [7, 11) is 1.75. The standard InChI is InChI=1S/C10H22N2O2/c1-3-11-10(9-13-2)8-12-4-6-14-7-5-12/h10-11H,3-9H2,1-2H3. The Labute approximate surface area is 86.6 Å². The summed E-state index contributed by atoms with van der Waals surface area (Å²) >= 11 is 0. The van der Waals surface area contributed by atoms with Crippen molar-refractivity contribution in [1.82, 2.24) is 10.2 Å². The molecule has 0 aromatic rings. The lowest BCUT2D eigenvalue weighted by molar-refractivity contribution is 0.0278. The summed E-state index contributed by atoms with van der Waals surface area (Å²) in [6.07, 6.45) is 0. The molecule has 4 nitrogen and oxygen atoms in total. The van der Waals surface area contributed by atoms with E-state index in [2.05, 4.69) is 17.1 Å². The summed E-state index contributed by atoms with van der Waals surface area (Å²) in [5.41, 5.74) is 0. The minimum absolute atomic E-state index is 0.447. The first-order chi connectivity index (χ1) is 6.86. The molecule has 0 aromatic carbocycles. The molecule has 1 N–H and O–H groups in total. The highest BCUT2D eigenvalue weighted by Gasteiger charge is 2.15. The third-order valence-corrected chi connectivity index (χ3v) is 2.44. The predicted octanol–water partition coefficient (Wildman–Crippen LogP) is -0.0569. The van der Waals surface area contributed by atoms with Crippen LogP contribution >= 0.6 is 0 Å². The van der Waals surface area contributed by atoms with Gasteiger partial charge in [-0.25, -0.2) is 0 Å². The van der Waals surface area contributed by atoms with Gasteiger partial charge in [0.1, 0.15) is 0 Å². The molecule has 1 aliphatic heterocycles. The van der Waals surface area contributed by atoms with Crippen LogP contribution in [0.5, 0.6) is 0 Å². The van der Waals surface area contributed by atoms with Gasteiger partial charge in [0, 0.05) is 32.8 Å². The summed E-state index contributed by atoms with van der Waals surface area (Å²) in [5.74, 6) is 0. The first kappa shape index (κ1) is 11.9. The lowest BCUT2D eigenvalue weighted by atomic mass is 10.2. The number of likely N-dealkylation sites (N-methyl/N-ethyl adjacent to an activating group) is 1. The van der Waals surface area contributed by atoms with Crippen molar-refractivity contribution in [2.24, 2.45) is 0 Å². The highest BCUT2D eigenvalue weighted by atomic mass is 16.5. The Balaban J connectivity index is 2.21. The molecule has 1 unspecified atom stereocenters. The van der Waals surface area contributed by atoms with E-state index in [-0.39, 0.29) is 0 Å².